The van der Waals surface area contributed by atoms with Crippen molar-refractivity contribution < 1.29 is 0 Å². The number of nitrogens with zero attached hydrogens (tertiary/aromatic N) is 2. The molecule has 0 amide bonds. The molecule has 102 valence electrons. The Morgan fingerprint density at radius 2 is 2.26 bits per heavy atom. The Bertz CT molecular complexity index is 584. The first-order valence-electron chi connectivity index (χ1n) is 7.07. The Kier molecular flexibility index (Phi) is 3.63. The van der Waals surface area contributed by atoms with Crippen molar-refractivity contribution in [2.45, 2.75) is 51.1 Å². The van der Waals surface area contributed by atoms with Crippen molar-refractivity contribution in [2.24, 2.45) is 5.73 Å². The van der Waals surface area contributed by atoms with Crippen LogP contribution >= 0.6 is 15.9 Å². The minimum atomic E-state index is 0.285. The molecule has 0 bridgehead atoms. The number of halogens is 1. The summed E-state index contributed by atoms with van der Waals surface area (Å²) in [6, 6.07) is 7.36. The second kappa shape index (κ2) is 5.25. The number of fused-ring (bicyclic) bond motifs is 1. The maximum absolute atomic E-state index is 5.83. The molecular formula is C15H20BrN3. The van der Waals surface area contributed by atoms with Crippen LogP contribution in [0, 0.1) is 0 Å². The molecule has 3 rings (SSSR count). The summed E-state index contributed by atoms with van der Waals surface area (Å²) < 4.78 is 3.55. The molecule has 4 heteroatoms. The highest BCUT2D eigenvalue weighted by atomic mass is 79.9. The van der Waals surface area contributed by atoms with Crippen LogP contribution in [0.15, 0.2) is 22.7 Å². The molecule has 1 heterocycles. The molecule has 1 aliphatic carbocycles. The minimum absolute atomic E-state index is 0.285. The number of nitrogens with two attached hydrogens (primary N) is 1. The average Bonchev–Trinajstić information content (AvgIpc) is 3.11. The van der Waals surface area contributed by atoms with Gasteiger partial charge in [-0.3, -0.25) is 0 Å². The molecule has 1 unspecified atom stereocenters. The third-order valence-electron chi connectivity index (χ3n) is 3.70. The van der Waals surface area contributed by atoms with E-state index in [0.29, 0.717) is 6.04 Å². The van der Waals surface area contributed by atoms with Crippen LogP contribution in [0.2, 0.25) is 0 Å². The van der Waals surface area contributed by atoms with E-state index < -0.39 is 0 Å². The summed E-state index contributed by atoms with van der Waals surface area (Å²) in [5, 5.41) is 0. The summed E-state index contributed by atoms with van der Waals surface area (Å²) in [5.74, 6) is 1.23. The topological polar surface area (TPSA) is 43.8 Å². The summed E-state index contributed by atoms with van der Waals surface area (Å²) in [6.07, 6.45) is 5.81. The van der Waals surface area contributed by atoms with Gasteiger partial charge in [-0.1, -0.05) is 15.9 Å². The SMILES string of the molecule is CC(N)CCCc1nc2cc(Br)ccc2n1C1CC1. The standard InChI is InChI=1S/C15H20BrN3/c1-10(17)3-2-4-15-18-13-9-11(16)5-8-14(13)19(15)12-6-7-12/h5,8-10,12H,2-4,6-7,17H2,1H3. The fourth-order valence-electron chi connectivity index (χ4n) is 2.62. The zero-order valence-corrected chi connectivity index (χ0v) is 12.9. The molecule has 1 fully saturated rings. The maximum atomic E-state index is 5.83. The van der Waals surface area contributed by atoms with Gasteiger partial charge in [0.2, 0.25) is 0 Å². The van der Waals surface area contributed by atoms with E-state index in [-0.39, 0.29) is 6.04 Å². The number of imidazole rings is 1. The van der Waals surface area contributed by atoms with E-state index in [1.807, 2.05) is 0 Å². The van der Waals surface area contributed by atoms with Gasteiger partial charge in [0, 0.05) is 23.0 Å². The van der Waals surface area contributed by atoms with Crippen LogP contribution in [-0.4, -0.2) is 15.6 Å². The zero-order valence-electron chi connectivity index (χ0n) is 11.3. The second-order valence-corrected chi connectivity index (χ2v) is 6.55. The molecule has 2 N–H and O–H groups in total. The highest BCUT2D eigenvalue weighted by molar-refractivity contribution is 9.10. The number of hydrogen-bond donors (Lipinski definition) is 1. The first-order chi connectivity index (χ1) is 9.15. The van der Waals surface area contributed by atoms with E-state index in [2.05, 4.69) is 45.6 Å². The molecule has 1 atom stereocenters. The number of benzene rings is 1. The Labute approximate surface area is 122 Å². The molecule has 0 radical (unpaired) electrons. The Morgan fingerprint density at radius 3 is 2.95 bits per heavy atom. The highest BCUT2D eigenvalue weighted by Gasteiger charge is 2.27. The number of hydrogen-bond acceptors (Lipinski definition) is 2. The minimum Gasteiger partial charge on any atom is -0.328 e. The van der Waals surface area contributed by atoms with Gasteiger partial charge in [0.05, 0.1) is 11.0 Å². The molecule has 1 aromatic heterocycles. The lowest BCUT2D eigenvalue weighted by Crippen LogP contribution is -2.15. The smallest absolute Gasteiger partial charge is 0.110 e. The van der Waals surface area contributed by atoms with Crippen molar-refractivity contribution >= 4 is 27.0 Å². The van der Waals surface area contributed by atoms with Crippen LogP contribution in [0.25, 0.3) is 11.0 Å². The summed E-state index contributed by atoms with van der Waals surface area (Å²) in [6.45, 7) is 2.07. The van der Waals surface area contributed by atoms with Gasteiger partial charge in [0.1, 0.15) is 5.82 Å². The van der Waals surface area contributed by atoms with Gasteiger partial charge in [-0.15, -0.1) is 0 Å². The highest BCUT2D eigenvalue weighted by Crippen LogP contribution is 2.39. The van der Waals surface area contributed by atoms with Crippen LogP contribution in [0.4, 0.5) is 0 Å². The van der Waals surface area contributed by atoms with Crippen LogP contribution < -0.4 is 5.73 Å². The fourth-order valence-corrected chi connectivity index (χ4v) is 2.97. The van der Waals surface area contributed by atoms with E-state index in [9.17, 15) is 0 Å². The number of aromatic nitrogens is 2. The normalized spacial score (nSPS) is 17.0. The second-order valence-electron chi connectivity index (χ2n) is 5.63. The van der Waals surface area contributed by atoms with Gasteiger partial charge in [0.25, 0.3) is 0 Å². The van der Waals surface area contributed by atoms with Crippen LogP contribution in [0.1, 0.15) is 44.5 Å². The fraction of sp³-hybridized carbons (Fsp3) is 0.533. The number of rotatable bonds is 5. The predicted molar refractivity (Wildman–Crippen MR) is 82.3 cm³/mol. The zero-order chi connectivity index (χ0) is 13.4. The summed E-state index contributed by atoms with van der Waals surface area (Å²) in [5.41, 5.74) is 8.22. The average molecular weight is 322 g/mol. The van der Waals surface area contributed by atoms with Crippen LogP contribution in [0.5, 0.6) is 0 Å². The molecule has 19 heavy (non-hydrogen) atoms. The van der Waals surface area contributed by atoms with Gasteiger partial charge < -0.3 is 10.3 Å². The van der Waals surface area contributed by atoms with Gasteiger partial charge in [-0.2, -0.15) is 0 Å². The van der Waals surface area contributed by atoms with Crippen LogP contribution in [-0.2, 0) is 6.42 Å². The molecular weight excluding hydrogens is 302 g/mol. The lowest BCUT2D eigenvalue weighted by Gasteiger charge is -2.08. The molecule has 0 aliphatic heterocycles. The first kappa shape index (κ1) is 13.1. The monoisotopic (exact) mass is 321 g/mol. The van der Waals surface area contributed by atoms with Gasteiger partial charge >= 0.3 is 0 Å². The maximum Gasteiger partial charge on any atom is 0.110 e. The molecule has 3 nitrogen and oxygen atoms in total. The Morgan fingerprint density at radius 1 is 1.47 bits per heavy atom. The van der Waals surface area contributed by atoms with Crippen molar-refractivity contribution in [2.75, 3.05) is 0 Å². The molecule has 1 aliphatic rings. The predicted octanol–water partition coefficient (Wildman–Crippen LogP) is 3.80. The van der Waals surface area contributed by atoms with Crippen molar-refractivity contribution in [3.05, 3.63) is 28.5 Å². The van der Waals surface area contributed by atoms with E-state index in [1.54, 1.807) is 0 Å². The quantitative estimate of drug-likeness (QED) is 0.910. The number of aryl methyl sites for hydroxylation is 1. The van der Waals surface area contributed by atoms with Gasteiger partial charge in [0.15, 0.2) is 0 Å². The first-order valence-corrected chi connectivity index (χ1v) is 7.86. The van der Waals surface area contributed by atoms with E-state index in [1.165, 1.54) is 24.2 Å². The Hall–Kier alpha value is -0.870. The molecule has 0 spiro atoms. The Balaban J connectivity index is 1.91. The summed E-state index contributed by atoms with van der Waals surface area (Å²) in [4.78, 5) is 4.82. The van der Waals surface area contributed by atoms with Gasteiger partial charge in [-0.25, -0.2) is 4.98 Å². The third-order valence-corrected chi connectivity index (χ3v) is 4.19. The third kappa shape index (κ3) is 2.84. The van der Waals surface area contributed by atoms with E-state index >= 15 is 0 Å². The molecule has 1 aromatic carbocycles. The van der Waals surface area contributed by atoms with Crippen molar-refractivity contribution in [1.82, 2.24) is 9.55 Å². The largest absolute Gasteiger partial charge is 0.328 e. The van der Waals surface area contributed by atoms with Gasteiger partial charge in [-0.05, 0) is 50.8 Å². The van der Waals surface area contributed by atoms with Crippen molar-refractivity contribution in [3.8, 4) is 0 Å². The summed E-state index contributed by atoms with van der Waals surface area (Å²) in [7, 11) is 0. The lowest BCUT2D eigenvalue weighted by atomic mass is 10.1. The summed E-state index contributed by atoms with van der Waals surface area (Å²) >= 11 is 3.52. The van der Waals surface area contributed by atoms with Crippen molar-refractivity contribution in [3.63, 3.8) is 0 Å². The van der Waals surface area contributed by atoms with E-state index in [4.69, 9.17) is 10.7 Å². The lowest BCUT2D eigenvalue weighted by molar-refractivity contribution is 0.595. The van der Waals surface area contributed by atoms with Crippen molar-refractivity contribution in [1.29, 1.82) is 0 Å². The van der Waals surface area contributed by atoms with Crippen LogP contribution in [0.3, 0.4) is 0 Å². The van der Waals surface area contributed by atoms with E-state index in [0.717, 1.165) is 29.3 Å². The molecule has 2 aromatic rings. The molecule has 0 saturated heterocycles. The molecule has 1 saturated carbocycles.